The number of hydrogen-bond donors (Lipinski definition) is 1. The highest BCUT2D eigenvalue weighted by atomic mass is 14.6. The summed E-state index contributed by atoms with van der Waals surface area (Å²) in [6.45, 7) is 0. The summed E-state index contributed by atoms with van der Waals surface area (Å²) in [7, 11) is 0. The lowest BCUT2D eigenvalue weighted by Crippen LogP contribution is -2.07. The van der Waals surface area contributed by atoms with Gasteiger partial charge < -0.3 is 5.73 Å². The molecule has 1 aromatic carbocycles. The lowest BCUT2D eigenvalue weighted by Gasteiger charge is -2.08. The molecule has 0 spiro atoms. The van der Waals surface area contributed by atoms with Crippen LogP contribution in [0.1, 0.15) is 17.2 Å². The van der Waals surface area contributed by atoms with E-state index in [2.05, 4.69) is 18.2 Å². The fourth-order valence-corrected chi connectivity index (χ4v) is 1.41. The van der Waals surface area contributed by atoms with E-state index < -0.39 is 0 Å². The van der Waals surface area contributed by atoms with Gasteiger partial charge in [-0.3, -0.25) is 0 Å². The number of nitrogens with two attached hydrogens (primary N) is 1. The van der Waals surface area contributed by atoms with Gasteiger partial charge in [0.15, 0.2) is 0 Å². The van der Waals surface area contributed by atoms with Gasteiger partial charge in [0.2, 0.25) is 0 Å². The van der Waals surface area contributed by atoms with Crippen LogP contribution < -0.4 is 5.73 Å². The lowest BCUT2D eigenvalue weighted by atomic mass is 10.0. The molecule has 0 saturated carbocycles. The molecule has 1 atom stereocenters. The number of allylic oxidation sites excluding steroid dienone is 2. The summed E-state index contributed by atoms with van der Waals surface area (Å²) in [5.74, 6) is 0. The Morgan fingerprint density at radius 1 is 1.08 bits per heavy atom. The van der Waals surface area contributed by atoms with Crippen molar-refractivity contribution in [1.29, 1.82) is 0 Å². The van der Waals surface area contributed by atoms with Gasteiger partial charge >= 0.3 is 0 Å². The van der Waals surface area contributed by atoms with Crippen molar-refractivity contribution in [3.63, 3.8) is 0 Å². The van der Waals surface area contributed by atoms with Crippen molar-refractivity contribution < 1.29 is 0 Å². The van der Waals surface area contributed by atoms with Crippen molar-refractivity contribution in [1.82, 2.24) is 0 Å². The first-order chi connectivity index (χ1) is 5.88. The average molecular weight is 157 g/mol. The Kier molecular flexibility index (Phi) is 1.80. The maximum absolute atomic E-state index is 5.92. The normalized spacial score (nSPS) is 20.2. The standard InChI is InChI=1S/C11H11N/c12-11-8-4-2-6-9-5-1-3-7-10(9)11/h1-8,11H,12H2. The highest BCUT2D eigenvalue weighted by Gasteiger charge is 2.06. The quantitative estimate of drug-likeness (QED) is 0.614. The Morgan fingerprint density at radius 3 is 2.83 bits per heavy atom. The van der Waals surface area contributed by atoms with E-state index in [4.69, 9.17) is 5.73 Å². The van der Waals surface area contributed by atoms with Gasteiger partial charge in [0, 0.05) is 6.04 Å². The van der Waals surface area contributed by atoms with Crippen LogP contribution in [0.15, 0.2) is 42.5 Å². The molecule has 2 N–H and O–H groups in total. The first kappa shape index (κ1) is 7.32. The number of fused-ring (bicyclic) bond motifs is 1. The molecule has 0 aromatic heterocycles. The van der Waals surface area contributed by atoms with E-state index in [1.54, 1.807) is 0 Å². The van der Waals surface area contributed by atoms with E-state index in [0.29, 0.717) is 0 Å². The number of benzene rings is 1. The topological polar surface area (TPSA) is 26.0 Å². The van der Waals surface area contributed by atoms with Crippen molar-refractivity contribution in [3.05, 3.63) is 53.6 Å². The van der Waals surface area contributed by atoms with Crippen LogP contribution in [-0.2, 0) is 0 Å². The van der Waals surface area contributed by atoms with Crippen LogP contribution in [0, 0.1) is 0 Å². The molecule has 0 heterocycles. The molecule has 0 amide bonds. The van der Waals surface area contributed by atoms with Gasteiger partial charge in [0.1, 0.15) is 0 Å². The molecular formula is C11H11N. The molecule has 0 aliphatic heterocycles. The third-order valence-electron chi connectivity index (χ3n) is 2.06. The molecule has 60 valence electrons. The van der Waals surface area contributed by atoms with E-state index in [-0.39, 0.29) is 6.04 Å². The van der Waals surface area contributed by atoms with Crippen molar-refractivity contribution in [2.75, 3.05) is 0 Å². The minimum absolute atomic E-state index is 0.0381. The summed E-state index contributed by atoms with van der Waals surface area (Å²) >= 11 is 0. The summed E-state index contributed by atoms with van der Waals surface area (Å²) in [6, 6.07) is 8.24. The third kappa shape index (κ3) is 1.19. The van der Waals surface area contributed by atoms with Gasteiger partial charge in [-0.15, -0.1) is 0 Å². The molecule has 2 rings (SSSR count). The summed E-state index contributed by atoms with van der Waals surface area (Å²) in [5, 5.41) is 0. The minimum Gasteiger partial charge on any atom is -0.321 e. The highest BCUT2D eigenvalue weighted by molar-refractivity contribution is 5.58. The van der Waals surface area contributed by atoms with Crippen molar-refractivity contribution >= 4 is 6.08 Å². The van der Waals surface area contributed by atoms with Gasteiger partial charge in [-0.05, 0) is 11.1 Å². The SMILES string of the molecule is NC1C=CC=Cc2ccccc21. The predicted octanol–water partition coefficient (Wildman–Crippen LogP) is 2.27. The number of hydrogen-bond acceptors (Lipinski definition) is 1. The molecule has 0 fully saturated rings. The van der Waals surface area contributed by atoms with Gasteiger partial charge in [-0.1, -0.05) is 48.6 Å². The Morgan fingerprint density at radius 2 is 1.92 bits per heavy atom. The maximum atomic E-state index is 5.92. The monoisotopic (exact) mass is 157 g/mol. The van der Waals surface area contributed by atoms with E-state index in [1.807, 2.05) is 30.4 Å². The van der Waals surface area contributed by atoms with E-state index in [9.17, 15) is 0 Å². The predicted molar refractivity (Wildman–Crippen MR) is 51.5 cm³/mol. The molecular weight excluding hydrogens is 146 g/mol. The summed E-state index contributed by atoms with van der Waals surface area (Å²) in [6.07, 6.45) is 8.09. The molecule has 1 aliphatic rings. The van der Waals surface area contributed by atoms with Crippen molar-refractivity contribution in [2.24, 2.45) is 5.73 Å². The van der Waals surface area contributed by atoms with Crippen LogP contribution in [0.4, 0.5) is 0 Å². The van der Waals surface area contributed by atoms with E-state index in [0.717, 1.165) is 0 Å². The average Bonchev–Trinajstić information content (AvgIpc) is 2.29. The molecule has 1 aromatic rings. The fraction of sp³-hybridized carbons (Fsp3) is 0.0909. The van der Waals surface area contributed by atoms with Crippen LogP contribution in [0.5, 0.6) is 0 Å². The van der Waals surface area contributed by atoms with Gasteiger partial charge in [0.05, 0.1) is 0 Å². The van der Waals surface area contributed by atoms with E-state index in [1.165, 1.54) is 11.1 Å². The zero-order valence-corrected chi connectivity index (χ0v) is 6.77. The molecule has 12 heavy (non-hydrogen) atoms. The largest absolute Gasteiger partial charge is 0.321 e. The van der Waals surface area contributed by atoms with Crippen LogP contribution in [-0.4, -0.2) is 0 Å². The first-order valence-corrected chi connectivity index (χ1v) is 4.07. The Labute approximate surface area is 72.2 Å². The zero-order valence-electron chi connectivity index (χ0n) is 6.77. The van der Waals surface area contributed by atoms with Gasteiger partial charge in [0.25, 0.3) is 0 Å². The number of rotatable bonds is 0. The summed E-state index contributed by atoms with van der Waals surface area (Å²) < 4.78 is 0. The first-order valence-electron chi connectivity index (χ1n) is 4.07. The molecule has 1 aliphatic carbocycles. The third-order valence-corrected chi connectivity index (χ3v) is 2.06. The molecule has 0 radical (unpaired) electrons. The van der Waals surface area contributed by atoms with Crippen LogP contribution in [0.25, 0.3) is 6.08 Å². The van der Waals surface area contributed by atoms with Crippen LogP contribution in [0.2, 0.25) is 0 Å². The molecule has 0 saturated heterocycles. The second kappa shape index (κ2) is 2.95. The molecule has 1 heteroatoms. The second-order valence-corrected chi connectivity index (χ2v) is 2.90. The van der Waals surface area contributed by atoms with Crippen molar-refractivity contribution in [3.8, 4) is 0 Å². The molecule has 1 nitrogen and oxygen atoms in total. The minimum atomic E-state index is 0.0381. The molecule has 0 bridgehead atoms. The Hall–Kier alpha value is -1.34. The highest BCUT2D eigenvalue weighted by Crippen LogP contribution is 2.20. The van der Waals surface area contributed by atoms with Gasteiger partial charge in [-0.25, -0.2) is 0 Å². The Bertz CT molecular complexity index is 337. The lowest BCUT2D eigenvalue weighted by molar-refractivity contribution is 0.911. The zero-order chi connectivity index (χ0) is 8.39. The summed E-state index contributed by atoms with van der Waals surface area (Å²) in [4.78, 5) is 0. The fourth-order valence-electron chi connectivity index (χ4n) is 1.41. The van der Waals surface area contributed by atoms with Crippen LogP contribution >= 0.6 is 0 Å². The molecule has 1 unspecified atom stereocenters. The second-order valence-electron chi connectivity index (χ2n) is 2.90. The van der Waals surface area contributed by atoms with Crippen molar-refractivity contribution in [2.45, 2.75) is 6.04 Å². The van der Waals surface area contributed by atoms with Crippen LogP contribution in [0.3, 0.4) is 0 Å². The maximum Gasteiger partial charge on any atom is 0.0490 e. The smallest absolute Gasteiger partial charge is 0.0490 e. The summed E-state index contributed by atoms with van der Waals surface area (Å²) in [5.41, 5.74) is 8.33. The Balaban J connectivity index is 2.56. The van der Waals surface area contributed by atoms with Gasteiger partial charge in [-0.2, -0.15) is 0 Å². The van der Waals surface area contributed by atoms with E-state index >= 15 is 0 Å².